The van der Waals surface area contributed by atoms with Crippen LogP contribution in [-0.2, 0) is 0 Å². The number of hydrogen-bond donors (Lipinski definition) is 0. The minimum atomic E-state index is 0.579. The molecule has 0 aromatic heterocycles. The van der Waals surface area contributed by atoms with E-state index in [1.54, 1.807) is 0 Å². The fourth-order valence-corrected chi connectivity index (χ4v) is 1.59. The molecule has 82 valence electrons. The van der Waals surface area contributed by atoms with E-state index in [9.17, 15) is 0 Å². The smallest absolute Gasteiger partial charge is 0.0230 e. The highest BCUT2D eigenvalue weighted by Crippen LogP contribution is 2.12. The molecule has 1 heteroatoms. The average molecular weight is 195 g/mol. The van der Waals surface area contributed by atoms with Gasteiger partial charge >= 0.3 is 0 Å². The Kier molecular flexibility index (Phi) is 6.35. The topological polar surface area (TPSA) is 3.24 Å². The molecule has 0 amide bonds. The number of nitrogens with zero attached hydrogens (tertiary/aromatic N) is 1. The second-order valence-corrected chi connectivity index (χ2v) is 4.17. The van der Waals surface area contributed by atoms with Gasteiger partial charge in [0.15, 0.2) is 0 Å². The molecule has 0 bridgehead atoms. The molecule has 0 aliphatic rings. The third-order valence-corrected chi connectivity index (χ3v) is 2.60. The predicted octanol–water partition coefficient (Wildman–Crippen LogP) is 3.83. The normalized spacial score (nSPS) is 14.3. The summed E-state index contributed by atoms with van der Waals surface area (Å²) in [5.74, 6) is 0.579. The summed E-state index contributed by atoms with van der Waals surface area (Å²) in [6, 6.07) is 0.593. The summed E-state index contributed by atoms with van der Waals surface area (Å²) in [5, 5.41) is 0. The monoisotopic (exact) mass is 195 g/mol. The Balaban J connectivity index is 4.26. The van der Waals surface area contributed by atoms with Crippen LogP contribution in [0.15, 0.2) is 24.4 Å². The molecule has 0 saturated heterocycles. The van der Waals surface area contributed by atoms with Crippen molar-refractivity contribution >= 4 is 0 Å². The van der Waals surface area contributed by atoms with Gasteiger partial charge in [-0.3, -0.25) is 0 Å². The molecule has 14 heavy (non-hydrogen) atoms. The van der Waals surface area contributed by atoms with Crippen LogP contribution in [-0.4, -0.2) is 17.5 Å². The van der Waals surface area contributed by atoms with Crippen molar-refractivity contribution in [2.75, 3.05) is 6.54 Å². The van der Waals surface area contributed by atoms with Gasteiger partial charge in [0.1, 0.15) is 0 Å². The molecule has 0 saturated carbocycles. The molecule has 0 aromatic carbocycles. The zero-order chi connectivity index (χ0) is 11.1. The first-order chi connectivity index (χ1) is 6.52. The average Bonchev–Trinajstić information content (AvgIpc) is 2.14. The Morgan fingerprint density at radius 3 is 2.29 bits per heavy atom. The van der Waals surface area contributed by atoms with Gasteiger partial charge in [0.2, 0.25) is 0 Å². The van der Waals surface area contributed by atoms with Crippen molar-refractivity contribution in [3.63, 3.8) is 0 Å². The van der Waals surface area contributed by atoms with Gasteiger partial charge in [-0.15, -0.1) is 6.58 Å². The third kappa shape index (κ3) is 4.50. The van der Waals surface area contributed by atoms with E-state index in [-0.39, 0.29) is 0 Å². The van der Waals surface area contributed by atoms with Crippen LogP contribution in [0.25, 0.3) is 0 Å². The molecular formula is C13H25N. The highest BCUT2D eigenvalue weighted by atomic mass is 15.1. The first-order valence-corrected chi connectivity index (χ1v) is 5.58. The summed E-state index contributed by atoms with van der Waals surface area (Å²) in [6.45, 7) is 15.9. The number of hydrogen-bond acceptors (Lipinski definition) is 1. The molecule has 0 radical (unpaired) electrons. The van der Waals surface area contributed by atoms with Crippen LogP contribution in [0.4, 0.5) is 0 Å². The van der Waals surface area contributed by atoms with Crippen molar-refractivity contribution in [3.8, 4) is 0 Å². The van der Waals surface area contributed by atoms with Crippen LogP contribution < -0.4 is 0 Å². The largest absolute Gasteiger partial charge is 0.373 e. The first-order valence-electron chi connectivity index (χ1n) is 5.58. The minimum Gasteiger partial charge on any atom is -0.373 e. The van der Waals surface area contributed by atoms with Crippen molar-refractivity contribution in [1.29, 1.82) is 0 Å². The van der Waals surface area contributed by atoms with E-state index >= 15 is 0 Å². The van der Waals surface area contributed by atoms with Gasteiger partial charge in [-0.1, -0.05) is 19.1 Å². The Bertz CT molecular complexity index is 191. The fraction of sp³-hybridized carbons (Fsp3) is 0.692. The van der Waals surface area contributed by atoms with Crippen molar-refractivity contribution in [1.82, 2.24) is 4.90 Å². The van der Waals surface area contributed by atoms with Gasteiger partial charge in [0, 0.05) is 18.3 Å². The maximum Gasteiger partial charge on any atom is 0.0230 e. The maximum absolute atomic E-state index is 3.80. The summed E-state index contributed by atoms with van der Waals surface area (Å²) in [4.78, 5) is 2.41. The molecule has 1 atom stereocenters. The van der Waals surface area contributed by atoms with Crippen LogP contribution in [0.5, 0.6) is 0 Å². The summed E-state index contributed by atoms with van der Waals surface area (Å²) < 4.78 is 0. The van der Waals surface area contributed by atoms with Crippen LogP contribution >= 0.6 is 0 Å². The van der Waals surface area contributed by atoms with Gasteiger partial charge < -0.3 is 4.90 Å². The van der Waals surface area contributed by atoms with Crippen molar-refractivity contribution in [3.05, 3.63) is 24.4 Å². The Hall–Kier alpha value is -0.720. The molecule has 0 rings (SSSR count). The molecule has 0 aliphatic heterocycles. The molecule has 0 heterocycles. The van der Waals surface area contributed by atoms with Crippen molar-refractivity contribution in [2.24, 2.45) is 5.92 Å². The van der Waals surface area contributed by atoms with E-state index < -0.39 is 0 Å². The molecule has 0 N–H and O–H groups in total. The molecule has 1 unspecified atom stereocenters. The molecule has 0 fully saturated rings. The lowest BCUT2D eigenvalue weighted by Crippen LogP contribution is -2.28. The summed E-state index contributed by atoms with van der Waals surface area (Å²) in [6.07, 6.45) is 5.42. The van der Waals surface area contributed by atoms with Crippen molar-refractivity contribution in [2.45, 2.75) is 47.1 Å². The van der Waals surface area contributed by atoms with Gasteiger partial charge in [-0.25, -0.2) is 0 Å². The summed E-state index contributed by atoms with van der Waals surface area (Å²) >= 11 is 0. The molecule has 0 aliphatic carbocycles. The molecule has 1 nitrogen and oxygen atoms in total. The second-order valence-electron chi connectivity index (χ2n) is 4.17. The summed E-state index contributed by atoms with van der Waals surface area (Å²) in [7, 11) is 0. The standard InChI is InChI=1S/C13H25N/c1-7-12(5)9-10-13(6)14(8-2)11(3)4/h7,10-12H,1,8-9H2,2-6H3/b13-10+. The lowest BCUT2D eigenvalue weighted by molar-refractivity contribution is 0.297. The minimum absolute atomic E-state index is 0.579. The van der Waals surface area contributed by atoms with Crippen molar-refractivity contribution < 1.29 is 0 Å². The van der Waals surface area contributed by atoms with Gasteiger partial charge in [0.25, 0.3) is 0 Å². The summed E-state index contributed by atoms with van der Waals surface area (Å²) in [5.41, 5.74) is 1.39. The van der Waals surface area contributed by atoms with E-state index in [1.807, 2.05) is 6.08 Å². The Morgan fingerprint density at radius 2 is 1.93 bits per heavy atom. The number of allylic oxidation sites excluding steroid dienone is 3. The fourth-order valence-electron chi connectivity index (χ4n) is 1.59. The van der Waals surface area contributed by atoms with Gasteiger partial charge in [-0.05, 0) is 40.0 Å². The van der Waals surface area contributed by atoms with E-state index in [0.717, 1.165) is 13.0 Å². The lowest BCUT2D eigenvalue weighted by Gasteiger charge is -2.28. The van der Waals surface area contributed by atoms with E-state index in [2.05, 4.69) is 52.2 Å². The van der Waals surface area contributed by atoms with E-state index in [1.165, 1.54) is 5.70 Å². The highest BCUT2D eigenvalue weighted by Gasteiger charge is 2.06. The maximum atomic E-state index is 3.80. The SMILES string of the molecule is C=CC(C)C/C=C(\C)N(CC)C(C)C. The second kappa shape index (κ2) is 6.69. The zero-order valence-corrected chi connectivity index (χ0v) is 10.4. The Morgan fingerprint density at radius 1 is 1.36 bits per heavy atom. The highest BCUT2D eigenvalue weighted by molar-refractivity contribution is 5.00. The van der Waals surface area contributed by atoms with Crippen LogP contribution in [0.2, 0.25) is 0 Å². The van der Waals surface area contributed by atoms with Gasteiger partial charge in [0.05, 0.1) is 0 Å². The lowest BCUT2D eigenvalue weighted by atomic mass is 10.1. The van der Waals surface area contributed by atoms with Gasteiger partial charge in [-0.2, -0.15) is 0 Å². The molecule has 0 spiro atoms. The van der Waals surface area contributed by atoms with Crippen LogP contribution in [0, 0.1) is 5.92 Å². The first kappa shape index (κ1) is 13.3. The number of rotatable bonds is 6. The van der Waals surface area contributed by atoms with Crippen LogP contribution in [0.1, 0.15) is 41.0 Å². The molecule has 0 aromatic rings. The molecular weight excluding hydrogens is 170 g/mol. The van der Waals surface area contributed by atoms with E-state index in [4.69, 9.17) is 0 Å². The third-order valence-electron chi connectivity index (χ3n) is 2.60. The van der Waals surface area contributed by atoms with E-state index in [0.29, 0.717) is 12.0 Å². The quantitative estimate of drug-likeness (QED) is 0.582. The van der Waals surface area contributed by atoms with Crippen LogP contribution in [0.3, 0.4) is 0 Å². The Labute approximate surface area is 89.5 Å². The zero-order valence-electron chi connectivity index (χ0n) is 10.4. The predicted molar refractivity (Wildman–Crippen MR) is 65.3 cm³/mol.